The molecule has 6 aromatic rings. The van der Waals surface area contributed by atoms with Crippen LogP contribution in [0.5, 0.6) is 0 Å². The van der Waals surface area contributed by atoms with Crippen molar-refractivity contribution in [3.8, 4) is 11.8 Å². The first-order valence-electron chi connectivity index (χ1n) is 31.4. The van der Waals surface area contributed by atoms with Gasteiger partial charge >= 0.3 is 33.0 Å². The topological polar surface area (TPSA) is 108 Å². The first kappa shape index (κ1) is 63.5. The van der Waals surface area contributed by atoms with Gasteiger partial charge in [0.15, 0.2) is 0 Å². The van der Waals surface area contributed by atoms with E-state index in [2.05, 4.69) is 164 Å². The minimum Gasteiger partial charge on any atom is -0.657 e. The SMILES string of the molecule is CCC1=Cc2nc1cc1[n-]c(cc3nc(cc4[n-]c(c2C#C/C=C/c2c5nc(cc6[n-]c(cc7nc(cc8[n-]c2c(CC)c8CC)C(CC)=C7CC)c(CC)c6CC)C(CC)=C5CC)c(CC)c4CC)C(CC)=C3CC)c(CC)c1CC.[Ni+2].[Ni+2]. The fraction of sp³-hybridized carbons (Fsp3) is 0.405. The van der Waals surface area contributed by atoms with Crippen LogP contribution in [0.25, 0.3) is 95.3 Å². The first-order valence-corrected chi connectivity index (χ1v) is 31.4. The standard InChI is InChI=1S/C74H84N8.2Ni/c1-16-42-35-60-57(72-54(28-13)51(25-10)69(80-72)39-66-48(22-7)45(19-4)63(77-66)37-62-44(18-3)43(17-2)61(76-62)36-59(42)75-60)33-31-32-34-58-73-55(29-14)52(26-11)70(81-73)40-67-49(23-8)46(20-5)64(78-67)38-65-47(21-6)50(24-9)68(79-65)41-71-53(27-12)56(30-15)74(58)82-71;;/h32,34-41H,16-30H2,1-15H3;;/q-4;2*+2/b34-32+,59-36?,60-57?,61-36?,62-37?,63-37?,64-38?,65-38?,66-39?,67-40?,68-41?,69-39?,70-40?,71-41?,72-57?,73-58?,74-58?;;. The van der Waals surface area contributed by atoms with Crippen LogP contribution in [0.1, 0.15) is 250 Å². The molecule has 0 amide bonds. The van der Waals surface area contributed by atoms with E-state index in [1.165, 1.54) is 77.9 Å². The zero-order valence-corrected chi connectivity index (χ0v) is 54.5. The molecule has 0 saturated carbocycles. The van der Waals surface area contributed by atoms with Crippen molar-refractivity contribution in [1.82, 2.24) is 39.9 Å². The van der Waals surface area contributed by atoms with Gasteiger partial charge in [-0.3, -0.25) is 0 Å². The molecule has 0 fully saturated rings. The Morgan fingerprint density at radius 2 is 0.679 bits per heavy atom. The molecule has 8 nitrogen and oxygen atoms in total. The van der Waals surface area contributed by atoms with Crippen LogP contribution in [0.2, 0.25) is 0 Å². The molecule has 0 saturated heterocycles. The summed E-state index contributed by atoms with van der Waals surface area (Å²) in [5, 5.41) is 0. The third kappa shape index (κ3) is 11.1. The minimum atomic E-state index is 0. The maximum atomic E-state index is 5.70. The predicted octanol–water partition coefficient (Wildman–Crippen LogP) is 18.2. The molecule has 16 bridgehead atoms. The van der Waals surface area contributed by atoms with Crippen LogP contribution in [0.4, 0.5) is 0 Å². The molecule has 4 aliphatic rings. The van der Waals surface area contributed by atoms with Gasteiger partial charge in [-0.25, -0.2) is 19.9 Å². The molecule has 4 aliphatic heterocycles. The number of allylic oxidation sites excluding steroid dienone is 8. The van der Waals surface area contributed by atoms with Gasteiger partial charge < -0.3 is 19.9 Å². The van der Waals surface area contributed by atoms with E-state index in [1.54, 1.807) is 0 Å². The molecular formula is C74H84N8Ni2. The van der Waals surface area contributed by atoms with E-state index in [-0.39, 0.29) is 33.0 Å². The largest absolute Gasteiger partial charge is 2.00 e. The van der Waals surface area contributed by atoms with Crippen molar-refractivity contribution >= 4 is 95.3 Å². The van der Waals surface area contributed by atoms with E-state index < -0.39 is 0 Å². The smallest absolute Gasteiger partial charge is 0.657 e. The second-order valence-electron chi connectivity index (χ2n) is 21.9. The van der Waals surface area contributed by atoms with Crippen molar-refractivity contribution in [3.63, 3.8) is 0 Å². The average Bonchev–Trinajstić information content (AvgIpc) is 4.57. The Morgan fingerprint density at radius 3 is 1.06 bits per heavy atom. The number of hydrogen-bond acceptors (Lipinski definition) is 4. The normalized spacial score (nSPS) is 13.2. The second kappa shape index (κ2) is 27.2. The van der Waals surface area contributed by atoms with Gasteiger partial charge in [-0.1, -0.05) is 197 Å². The molecule has 0 spiro atoms. The summed E-state index contributed by atoms with van der Waals surface area (Å²) in [6.07, 6.45) is 19.3. The van der Waals surface area contributed by atoms with E-state index in [1.807, 2.05) is 6.08 Å². The van der Waals surface area contributed by atoms with Gasteiger partial charge in [0.2, 0.25) is 0 Å². The van der Waals surface area contributed by atoms with Crippen LogP contribution < -0.4 is 19.9 Å². The zero-order valence-electron chi connectivity index (χ0n) is 52.5. The summed E-state index contributed by atoms with van der Waals surface area (Å²) in [6, 6.07) is 13.5. The van der Waals surface area contributed by atoms with Crippen molar-refractivity contribution in [2.45, 2.75) is 200 Å². The van der Waals surface area contributed by atoms with Gasteiger partial charge in [0, 0.05) is 5.56 Å². The van der Waals surface area contributed by atoms with Crippen molar-refractivity contribution in [2.75, 3.05) is 0 Å². The van der Waals surface area contributed by atoms with Crippen LogP contribution >= 0.6 is 0 Å². The molecule has 0 radical (unpaired) electrons. The van der Waals surface area contributed by atoms with Crippen molar-refractivity contribution in [3.05, 3.63) is 144 Å². The van der Waals surface area contributed by atoms with Gasteiger partial charge in [-0.15, -0.1) is 44.1 Å². The van der Waals surface area contributed by atoms with Crippen LogP contribution in [0.3, 0.4) is 0 Å². The fourth-order valence-corrected chi connectivity index (χ4v) is 13.9. The quantitative estimate of drug-likeness (QED) is 0.0697. The Hall–Kier alpha value is -6.51. The van der Waals surface area contributed by atoms with E-state index in [9.17, 15) is 0 Å². The molecule has 0 aliphatic carbocycles. The second-order valence-corrected chi connectivity index (χ2v) is 21.9. The average molecular weight is 1200 g/mol. The molecule has 0 atom stereocenters. The van der Waals surface area contributed by atoms with E-state index in [0.717, 1.165) is 203 Å². The number of nitrogens with zero attached hydrogens (tertiary/aromatic N) is 8. The zero-order chi connectivity index (χ0) is 58.1. The van der Waals surface area contributed by atoms with E-state index >= 15 is 0 Å². The summed E-state index contributed by atoms with van der Waals surface area (Å²) in [5.41, 5.74) is 36.2. The molecule has 0 aromatic carbocycles. The Bertz CT molecular complexity index is 4140. The summed E-state index contributed by atoms with van der Waals surface area (Å²) in [6.45, 7) is 33.7. The van der Waals surface area contributed by atoms with Gasteiger partial charge in [-0.05, 0) is 159 Å². The van der Waals surface area contributed by atoms with Gasteiger partial charge in [-0.2, -0.15) is 0 Å². The first-order chi connectivity index (χ1) is 40.0. The monoisotopic (exact) mass is 1200 g/mol. The maximum Gasteiger partial charge on any atom is 2.00 e. The summed E-state index contributed by atoms with van der Waals surface area (Å²) in [7, 11) is 0. The fourth-order valence-electron chi connectivity index (χ4n) is 13.9. The van der Waals surface area contributed by atoms with Gasteiger partial charge in [0.25, 0.3) is 0 Å². The molecule has 10 rings (SSSR count). The summed E-state index contributed by atoms with van der Waals surface area (Å²) < 4.78 is 0. The van der Waals surface area contributed by atoms with Crippen LogP contribution in [-0.4, -0.2) is 19.9 Å². The number of aryl methyl sites for hydroxylation is 8. The molecule has 10 heteroatoms. The number of fused-ring (bicyclic) bond motifs is 16. The van der Waals surface area contributed by atoms with Crippen molar-refractivity contribution < 1.29 is 33.0 Å². The third-order valence-electron chi connectivity index (χ3n) is 17.9. The predicted molar refractivity (Wildman–Crippen MR) is 349 cm³/mol. The number of aromatic nitrogens is 8. The number of hydrogen-bond donors (Lipinski definition) is 0. The Labute approximate surface area is 520 Å². The molecule has 84 heavy (non-hydrogen) atoms. The van der Waals surface area contributed by atoms with E-state index in [0.29, 0.717) is 0 Å². The summed E-state index contributed by atoms with van der Waals surface area (Å²) in [4.78, 5) is 44.3. The molecular weight excluding hydrogens is 1120 g/mol. The number of rotatable bonds is 16. The van der Waals surface area contributed by atoms with Crippen molar-refractivity contribution in [2.24, 2.45) is 0 Å². The van der Waals surface area contributed by atoms with Crippen molar-refractivity contribution in [1.29, 1.82) is 0 Å². The third-order valence-corrected chi connectivity index (χ3v) is 17.9. The van der Waals surface area contributed by atoms with Crippen LogP contribution in [0.15, 0.2) is 42.5 Å². The Kier molecular flexibility index (Phi) is 20.6. The minimum absolute atomic E-state index is 0. The summed E-state index contributed by atoms with van der Waals surface area (Å²) >= 11 is 0. The van der Waals surface area contributed by atoms with Crippen LogP contribution in [-0.2, 0) is 84.3 Å². The molecule has 10 heterocycles. The molecule has 6 aromatic heterocycles. The molecule has 0 N–H and O–H groups in total. The Balaban J connectivity index is 0.00000460. The van der Waals surface area contributed by atoms with E-state index in [4.69, 9.17) is 39.9 Å². The van der Waals surface area contributed by atoms with Crippen LogP contribution in [0, 0.1) is 11.8 Å². The molecule has 0 unspecified atom stereocenters. The van der Waals surface area contributed by atoms with Gasteiger partial charge in [0.1, 0.15) is 0 Å². The molecule has 440 valence electrons. The Morgan fingerprint density at radius 1 is 0.345 bits per heavy atom. The van der Waals surface area contributed by atoms with Gasteiger partial charge in [0.05, 0.1) is 45.6 Å². The maximum absolute atomic E-state index is 5.70. The summed E-state index contributed by atoms with van der Waals surface area (Å²) in [5.74, 6) is 7.41.